The van der Waals surface area contributed by atoms with Gasteiger partial charge < -0.3 is 10.2 Å². The van der Waals surface area contributed by atoms with Crippen LogP contribution in [-0.2, 0) is 16.6 Å². The maximum absolute atomic E-state index is 11.6. The van der Waals surface area contributed by atoms with E-state index in [1.54, 1.807) is 6.07 Å². The molecule has 2 rings (SSSR count). The van der Waals surface area contributed by atoms with Gasteiger partial charge in [0.25, 0.3) is 0 Å². The van der Waals surface area contributed by atoms with Crippen LogP contribution in [0, 0.1) is 11.8 Å². The summed E-state index contributed by atoms with van der Waals surface area (Å²) in [5.74, 6) is 2.44. The van der Waals surface area contributed by atoms with Gasteiger partial charge in [0.2, 0.25) is 10.0 Å². The molecule has 6 nitrogen and oxygen atoms in total. The van der Waals surface area contributed by atoms with Crippen LogP contribution in [-0.4, -0.2) is 45.7 Å². The number of guanidine groups is 1. The van der Waals surface area contributed by atoms with Gasteiger partial charge in [0.05, 0.1) is 18.5 Å². The van der Waals surface area contributed by atoms with Crippen molar-refractivity contribution in [3.8, 4) is 0 Å². The second kappa shape index (κ2) is 11.8. The molecule has 0 amide bonds. The third-order valence-corrected chi connectivity index (χ3v) is 5.67. The Balaban J connectivity index is 0.00000392. The average molecular weight is 522 g/mol. The average Bonchev–Trinajstić information content (AvgIpc) is 2.60. The van der Waals surface area contributed by atoms with Crippen molar-refractivity contribution in [2.75, 3.05) is 31.1 Å². The fourth-order valence-electron chi connectivity index (χ4n) is 3.57. The van der Waals surface area contributed by atoms with E-state index in [0.29, 0.717) is 18.2 Å². The van der Waals surface area contributed by atoms with Crippen LogP contribution in [0.4, 0.5) is 5.69 Å². The summed E-state index contributed by atoms with van der Waals surface area (Å²) in [4.78, 5) is 6.96. The lowest BCUT2D eigenvalue weighted by atomic mass is 9.83. The molecule has 0 aliphatic heterocycles. The van der Waals surface area contributed by atoms with E-state index in [1.165, 1.54) is 25.7 Å². The number of nitrogens with zero attached hydrogens (tertiary/aromatic N) is 2. The van der Waals surface area contributed by atoms with Crippen LogP contribution in [0.5, 0.6) is 0 Å². The largest absolute Gasteiger partial charge is 0.357 e. The van der Waals surface area contributed by atoms with Crippen molar-refractivity contribution in [1.29, 1.82) is 0 Å². The van der Waals surface area contributed by atoms with Gasteiger partial charge in [-0.25, -0.2) is 13.4 Å². The van der Waals surface area contributed by atoms with Crippen LogP contribution in [0.15, 0.2) is 29.3 Å². The zero-order chi connectivity index (χ0) is 19.9. The minimum Gasteiger partial charge on any atom is -0.357 e. The molecule has 1 aliphatic rings. The van der Waals surface area contributed by atoms with Gasteiger partial charge >= 0.3 is 0 Å². The Bertz CT molecular complexity index is 731. The first-order valence-corrected chi connectivity index (χ1v) is 11.7. The predicted molar refractivity (Wildman–Crippen MR) is 129 cm³/mol. The Morgan fingerprint density at radius 1 is 1.21 bits per heavy atom. The number of halogens is 1. The molecule has 1 aromatic carbocycles. The van der Waals surface area contributed by atoms with E-state index in [2.05, 4.69) is 35.8 Å². The molecule has 2 N–H and O–H groups in total. The Morgan fingerprint density at radius 2 is 1.86 bits per heavy atom. The van der Waals surface area contributed by atoms with Crippen molar-refractivity contribution in [1.82, 2.24) is 10.2 Å². The summed E-state index contributed by atoms with van der Waals surface area (Å²) < 4.78 is 25.7. The van der Waals surface area contributed by atoms with E-state index in [-0.39, 0.29) is 24.0 Å². The smallest absolute Gasteiger partial charge is 0.229 e. The lowest BCUT2D eigenvalue weighted by molar-refractivity contribution is 0.250. The van der Waals surface area contributed by atoms with E-state index in [4.69, 9.17) is 4.99 Å². The molecule has 160 valence electrons. The molecule has 1 saturated carbocycles. The first-order chi connectivity index (χ1) is 12.8. The molecule has 1 aliphatic carbocycles. The van der Waals surface area contributed by atoms with E-state index >= 15 is 0 Å². The maximum atomic E-state index is 11.6. The Labute approximate surface area is 187 Å². The van der Waals surface area contributed by atoms with Crippen molar-refractivity contribution in [2.24, 2.45) is 16.8 Å². The lowest BCUT2D eigenvalue weighted by Gasteiger charge is -2.31. The molecule has 0 heterocycles. The lowest BCUT2D eigenvalue weighted by Crippen LogP contribution is -2.41. The fraction of sp³-hybridized carbons (Fsp3) is 0.650. The number of sulfonamides is 1. The highest BCUT2D eigenvalue weighted by Crippen LogP contribution is 2.28. The van der Waals surface area contributed by atoms with E-state index < -0.39 is 10.0 Å². The van der Waals surface area contributed by atoms with Gasteiger partial charge in [0.1, 0.15) is 0 Å². The quantitative estimate of drug-likeness (QED) is 0.324. The van der Waals surface area contributed by atoms with Crippen LogP contribution >= 0.6 is 24.0 Å². The number of hydrogen-bond donors (Lipinski definition) is 2. The normalized spacial score (nSPS) is 20.2. The van der Waals surface area contributed by atoms with Crippen molar-refractivity contribution < 1.29 is 8.42 Å². The third-order valence-electron chi connectivity index (χ3n) is 5.08. The summed E-state index contributed by atoms with van der Waals surface area (Å²) >= 11 is 0. The van der Waals surface area contributed by atoms with Gasteiger partial charge in [-0.1, -0.05) is 38.0 Å². The molecule has 0 unspecified atom stereocenters. The van der Waals surface area contributed by atoms with Gasteiger partial charge in [-0.2, -0.15) is 0 Å². The predicted octanol–water partition coefficient (Wildman–Crippen LogP) is 3.90. The maximum Gasteiger partial charge on any atom is 0.229 e. The van der Waals surface area contributed by atoms with Crippen LogP contribution in [0.1, 0.15) is 45.1 Å². The minimum atomic E-state index is -3.31. The van der Waals surface area contributed by atoms with E-state index in [9.17, 15) is 8.42 Å². The number of nitrogens with one attached hydrogen (secondary N) is 2. The first kappa shape index (κ1) is 25.0. The van der Waals surface area contributed by atoms with Crippen LogP contribution in [0.2, 0.25) is 0 Å². The molecule has 28 heavy (non-hydrogen) atoms. The molecule has 1 aromatic rings. The first-order valence-electron chi connectivity index (χ1n) is 9.83. The summed E-state index contributed by atoms with van der Waals surface area (Å²) in [6, 6.07) is 7.40. The number of anilines is 1. The molecule has 0 aromatic heterocycles. The summed E-state index contributed by atoms with van der Waals surface area (Å²) in [6.45, 7) is 6.63. The van der Waals surface area contributed by atoms with Gasteiger partial charge in [0.15, 0.2) is 5.96 Å². The minimum absolute atomic E-state index is 0. The highest BCUT2D eigenvalue weighted by molar-refractivity contribution is 14.0. The van der Waals surface area contributed by atoms with Gasteiger partial charge in [-0.15, -0.1) is 24.0 Å². The fourth-order valence-corrected chi connectivity index (χ4v) is 4.17. The summed E-state index contributed by atoms with van der Waals surface area (Å²) in [6.07, 6.45) is 6.36. The SMILES string of the molecule is CCNC(=NCc1ccccc1NS(C)(=O)=O)N(C)CC1CCC(C)CC1.I. The van der Waals surface area contributed by atoms with Crippen molar-refractivity contribution in [3.63, 3.8) is 0 Å². The second-order valence-electron chi connectivity index (χ2n) is 7.71. The Hall–Kier alpha value is -1.03. The second-order valence-corrected chi connectivity index (χ2v) is 9.46. The monoisotopic (exact) mass is 522 g/mol. The number of para-hydroxylation sites is 1. The van der Waals surface area contributed by atoms with Crippen LogP contribution in [0.3, 0.4) is 0 Å². The summed E-state index contributed by atoms with van der Waals surface area (Å²) in [7, 11) is -1.23. The molecule has 0 spiro atoms. The number of rotatable bonds is 7. The highest BCUT2D eigenvalue weighted by atomic mass is 127. The number of benzene rings is 1. The third kappa shape index (κ3) is 8.55. The molecule has 0 saturated heterocycles. The van der Waals surface area contributed by atoms with Gasteiger partial charge in [0, 0.05) is 20.1 Å². The topological polar surface area (TPSA) is 73.8 Å². The number of hydrogen-bond acceptors (Lipinski definition) is 3. The van der Waals surface area contributed by atoms with Crippen molar-refractivity contribution in [3.05, 3.63) is 29.8 Å². The molecular weight excluding hydrogens is 487 g/mol. The van der Waals surface area contributed by atoms with E-state index in [0.717, 1.165) is 36.8 Å². The van der Waals surface area contributed by atoms with E-state index in [1.807, 2.05) is 18.2 Å². The van der Waals surface area contributed by atoms with Crippen LogP contribution < -0.4 is 10.0 Å². The summed E-state index contributed by atoms with van der Waals surface area (Å²) in [5.41, 5.74) is 1.45. The summed E-state index contributed by atoms with van der Waals surface area (Å²) in [5, 5.41) is 3.36. The molecule has 0 radical (unpaired) electrons. The Morgan fingerprint density at radius 3 is 2.46 bits per heavy atom. The standard InChI is InChI=1S/C20H34N4O2S.HI/c1-5-21-20(24(3)15-17-12-10-16(2)11-13-17)22-14-18-8-6-7-9-19(18)23-27(4,25)26;/h6-9,16-17,23H,5,10-15H2,1-4H3,(H,21,22);1H. The molecule has 8 heteroatoms. The van der Waals surface area contributed by atoms with Gasteiger partial charge in [-0.05, 0) is 43.2 Å². The van der Waals surface area contributed by atoms with Crippen molar-refractivity contribution in [2.45, 2.75) is 46.1 Å². The van der Waals surface area contributed by atoms with Crippen LogP contribution in [0.25, 0.3) is 0 Å². The zero-order valence-corrected chi connectivity index (χ0v) is 20.6. The molecular formula is C20H35IN4O2S. The van der Waals surface area contributed by atoms with Crippen molar-refractivity contribution >= 4 is 45.6 Å². The molecule has 0 atom stereocenters. The van der Waals surface area contributed by atoms with Gasteiger partial charge in [-0.3, -0.25) is 4.72 Å². The molecule has 0 bridgehead atoms. The zero-order valence-electron chi connectivity index (χ0n) is 17.4. The molecule has 1 fully saturated rings. The highest BCUT2D eigenvalue weighted by Gasteiger charge is 2.20. The number of aliphatic imine (C=N–C) groups is 1. The Kier molecular flexibility index (Phi) is 10.6.